The van der Waals surface area contributed by atoms with Crippen LogP contribution < -0.4 is 4.90 Å². The van der Waals surface area contributed by atoms with E-state index in [1.54, 1.807) is 0 Å². The largest absolute Gasteiger partial charge is 0.457 e. The SMILES string of the molecule is O=C(OCc1ccc(Br)cc1)c1ccc(N2C(=O)c3ccc(C(=O)OCc4ccc(Br)cc4)cc3C2=O)cc1. The van der Waals surface area contributed by atoms with Crippen molar-refractivity contribution in [3.63, 3.8) is 0 Å². The molecule has 1 aliphatic heterocycles. The van der Waals surface area contributed by atoms with Crippen LogP contribution in [-0.2, 0) is 22.7 Å². The van der Waals surface area contributed by atoms with Crippen molar-refractivity contribution in [3.8, 4) is 0 Å². The third-order valence-corrected chi connectivity index (χ3v) is 7.11. The minimum atomic E-state index is -0.606. The van der Waals surface area contributed by atoms with Gasteiger partial charge in [-0.05, 0) is 77.9 Å². The summed E-state index contributed by atoms with van der Waals surface area (Å²) in [6.07, 6.45) is 0. The average Bonchev–Trinajstić information content (AvgIpc) is 3.21. The van der Waals surface area contributed by atoms with E-state index in [2.05, 4.69) is 31.9 Å². The van der Waals surface area contributed by atoms with Gasteiger partial charge < -0.3 is 9.47 Å². The van der Waals surface area contributed by atoms with Gasteiger partial charge in [-0.25, -0.2) is 14.5 Å². The molecule has 0 radical (unpaired) electrons. The van der Waals surface area contributed by atoms with Crippen molar-refractivity contribution in [3.05, 3.63) is 133 Å². The molecule has 0 unspecified atom stereocenters. The molecule has 0 spiro atoms. The number of esters is 2. The minimum absolute atomic E-state index is 0.0696. The zero-order valence-electron chi connectivity index (χ0n) is 20.2. The standard InChI is InChI=1S/C30H19Br2NO6/c31-22-8-1-18(2-9-22)16-38-29(36)20-5-12-24(13-6-20)33-27(34)25-14-7-21(15-26(25)28(33)35)30(37)39-17-19-3-10-23(32)11-4-19/h1-15H,16-17H2. The molecular weight excluding hydrogens is 630 g/mol. The average molecular weight is 649 g/mol. The smallest absolute Gasteiger partial charge is 0.338 e. The first-order chi connectivity index (χ1) is 18.8. The number of benzene rings is 4. The van der Waals surface area contributed by atoms with Crippen LogP contribution in [0.5, 0.6) is 0 Å². The summed E-state index contributed by atoms with van der Waals surface area (Å²) in [4.78, 5) is 52.2. The lowest BCUT2D eigenvalue weighted by Crippen LogP contribution is -2.29. The second kappa shape index (κ2) is 11.3. The van der Waals surface area contributed by atoms with E-state index < -0.39 is 23.8 Å². The lowest BCUT2D eigenvalue weighted by Gasteiger charge is -2.14. The molecule has 2 amide bonds. The number of ether oxygens (including phenoxy) is 2. The van der Waals surface area contributed by atoms with Gasteiger partial charge in [-0.2, -0.15) is 0 Å². The first kappa shape index (κ1) is 26.5. The monoisotopic (exact) mass is 647 g/mol. The van der Waals surface area contributed by atoms with E-state index in [0.29, 0.717) is 5.69 Å². The molecule has 0 N–H and O–H groups in total. The Balaban J connectivity index is 1.25. The van der Waals surface area contributed by atoms with Crippen LogP contribution in [-0.4, -0.2) is 23.8 Å². The molecule has 1 aliphatic rings. The molecule has 4 aromatic carbocycles. The number of hydrogen-bond acceptors (Lipinski definition) is 6. The van der Waals surface area contributed by atoms with Crippen LogP contribution in [0.1, 0.15) is 52.6 Å². The van der Waals surface area contributed by atoms with Crippen molar-refractivity contribution in [1.29, 1.82) is 0 Å². The number of fused-ring (bicyclic) bond motifs is 1. The Morgan fingerprint density at radius 2 is 1.05 bits per heavy atom. The highest BCUT2D eigenvalue weighted by molar-refractivity contribution is 9.10. The molecule has 9 heteroatoms. The van der Waals surface area contributed by atoms with E-state index in [1.807, 2.05) is 48.5 Å². The zero-order chi connectivity index (χ0) is 27.5. The molecule has 7 nitrogen and oxygen atoms in total. The van der Waals surface area contributed by atoms with E-state index in [0.717, 1.165) is 25.0 Å². The molecule has 0 fully saturated rings. The fraction of sp³-hybridized carbons (Fsp3) is 0.0667. The van der Waals surface area contributed by atoms with Crippen molar-refractivity contribution in [2.45, 2.75) is 13.2 Å². The molecule has 1 heterocycles. The fourth-order valence-electron chi connectivity index (χ4n) is 3.97. The van der Waals surface area contributed by atoms with Crippen LogP contribution >= 0.6 is 31.9 Å². The Hall–Kier alpha value is -4.08. The summed E-state index contributed by atoms with van der Waals surface area (Å²) in [5.41, 5.74) is 2.68. The third-order valence-electron chi connectivity index (χ3n) is 6.05. The normalized spacial score (nSPS) is 12.3. The van der Waals surface area contributed by atoms with Gasteiger partial charge in [0.1, 0.15) is 13.2 Å². The van der Waals surface area contributed by atoms with Gasteiger partial charge in [0, 0.05) is 8.95 Å². The summed E-state index contributed by atoms with van der Waals surface area (Å²) in [6.45, 7) is 0.181. The van der Waals surface area contributed by atoms with Gasteiger partial charge in [-0.1, -0.05) is 56.1 Å². The number of amides is 2. The third kappa shape index (κ3) is 5.84. The maximum atomic E-state index is 13.1. The highest BCUT2D eigenvalue weighted by Crippen LogP contribution is 2.30. The quantitative estimate of drug-likeness (QED) is 0.163. The first-order valence-electron chi connectivity index (χ1n) is 11.8. The molecular formula is C30H19Br2NO6. The lowest BCUT2D eigenvalue weighted by molar-refractivity contribution is 0.0464. The highest BCUT2D eigenvalue weighted by atomic mass is 79.9. The first-order valence-corrected chi connectivity index (χ1v) is 13.3. The Kier molecular flexibility index (Phi) is 7.72. The molecule has 0 aliphatic carbocycles. The second-order valence-corrected chi connectivity index (χ2v) is 10.5. The zero-order valence-corrected chi connectivity index (χ0v) is 23.4. The predicted molar refractivity (Wildman–Crippen MR) is 151 cm³/mol. The molecule has 0 aromatic heterocycles. The van der Waals surface area contributed by atoms with Gasteiger partial charge >= 0.3 is 11.9 Å². The van der Waals surface area contributed by atoms with Crippen LogP contribution in [0.15, 0.2) is 99.9 Å². The molecule has 0 atom stereocenters. The number of hydrogen-bond donors (Lipinski definition) is 0. The number of halogens is 2. The Bertz CT molecular complexity index is 1580. The molecule has 5 rings (SSSR count). The van der Waals surface area contributed by atoms with Gasteiger partial charge in [0.15, 0.2) is 0 Å². The van der Waals surface area contributed by atoms with Crippen molar-refractivity contribution >= 4 is 61.3 Å². The maximum absolute atomic E-state index is 13.1. The molecule has 0 bridgehead atoms. The van der Waals surface area contributed by atoms with Crippen LogP contribution in [0, 0.1) is 0 Å². The van der Waals surface area contributed by atoms with Crippen LogP contribution in [0.2, 0.25) is 0 Å². The number of carbonyl (C=O) groups is 4. The van der Waals surface area contributed by atoms with Crippen LogP contribution in [0.25, 0.3) is 0 Å². The van der Waals surface area contributed by atoms with E-state index in [1.165, 1.54) is 42.5 Å². The summed E-state index contributed by atoms with van der Waals surface area (Å²) in [6, 6.07) is 25.0. The molecule has 0 saturated heterocycles. The van der Waals surface area contributed by atoms with E-state index in [-0.39, 0.29) is 35.5 Å². The number of anilines is 1. The fourth-order valence-corrected chi connectivity index (χ4v) is 4.50. The number of rotatable bonds is 7. The van der Waals surface area contributed by atoms with E-state index in [4.69, 9.17) is 9.47 Å². The summed E-state index contributed by atoms with van der Waals surface area (Å²) in [5, 5.41) is 0. The van der Waals surface area contributed by atoms with Crippen molar-refractivity contribution in [2.75, 3.05) is 4.90 Å². The van der Waals surface area contributed by atoms with E-state index >= 15 is 0 Å². The van der Waals surface area contributed by atoms with Gasteiger partial charge in [-0.15, -0.1) is 0 Å². The van der Waals surface area contributed by atoms with Crippen molar-refractivity contribution in [2.24, 2.45) is 0 Å². The van der Waals surface area contributed by atoms with E-state index in [9.17, 15) is 19.2 Å². The van der Waals surface area contributed by atoms with Gasteiger partial charge in [-0.3, -0.25) is 9.59 Å². The van der Waals surface area contributed by atoms with Crippen molar-refractivity contribution in [1.82, 2.24) is 0 Å². The second-order valence-electron chi connectivity index (χ2n) is 8.66. The Morgan fingerprint density at radius 3 is 1.59 bits per heavy atom. The lowest BCUT2D eigenvalue weighted by atomic mass is 10.1. The summed E-state index contributed by atoms with van der Waals surface area (Å²) < 4.78 is 12.6. The molecule has 4 aromatic rings. The number of nitrogens with zero attached hydrogens (tertiary/aromatic N) is 1. The van der Waals surface area contributed by atoms with Gasteiger partial charge in [0.2, 0.25) is 0 Å². The molecule has 39 heavy (non-hydrogen) atoms. The topological polar surface area (TPSA) is 90.0 Å². The molecule has 0 saturated carbocycles. The van der Waals surface area contributed by atoms with Gasteiger partial charge in [0.25, 0.3) is 11.8 Å². The van der Waals surface area contributed by atoms with Crippen LogP contribution in [0.4, 0.5) is 5.69 Å². The minimum Gasteiger partial charge on any atom is -0.457 e. The number of imide groups is 1. The summed E-state index contributed by atoms with van der Waals surface area (Å²) in [5.74, 6) is -2.22. The summed E-state index contributed by atoms with van der Waals surface area (Å²) in [7, 11) is 0. The number of carbonyl (C=O) groups excluding carboxylic acids is 4. The van der Waals surface area contributed by atoms with Crippen molar-refractivity contribution < 1.29 is 28.7 Å². The van der Waals surface area contributed by atoms with Gasteiger partial charge in [0.05, 0.1) is 27.9 Å². The Morgan fingerprint density at radius 1 is 0.590 bits per heavy atom. The predicted octanol–water partition coefficient (Wildman–Crippen LogP) is 6.73. The highest BCUT2D eigenvalue weighted by Gasteiger charge is 2.37. The van der Waals surface area contributed by atoms with Crippen LogP contribution in [0.3, 0.4) is 0 Å². The summed E-state index contributed by atoms with van der Waals surface area (Å²) >= 11 is 6.71. The Labute approximate surface area is 240 Å². The molecule has 194 valence electrons. The maximum Gasteiger partial charge on any atom is 0.338 e.